The molecule has 2 rings (SSSR count). The first kappa shape index (κ1) is 12.3. The molecule has 0 saturated heterocycles. The Morgan fingerprint density at radius 1 is 1.12 bits per heavy atom. The number of benzene rings is 1. The number of carbonyl (C=O) groups is 1. The first-order chi connectivity index (χ1) is 8.34. The Morgan fingerprint density at radius 3 is 2.59 bits per heavy atom. The second-order valence-electron chi connectivity index (χ2n) is 4.85. The summed E-state index contributed by atoms with van der Waals surface area (Å²) in [6.45, 7) is 1.54. The predicted octanol–water partition coefficient (Wildman–Crippen LogP) is 3.35. The zero-order valence-corrected chi connectivity index (χ0v) is 10.2. The van der Waals surface area contributed by atoms with Gasteiger partial charge in [0, 0.05) is 19.4 Å². The van der Waals surface area contributed by atoms with Crippen LogP contribution in [0.2, 0.25) is 0 Å². The highest BCUT2D eigenvalue weighted by Crippen LogP contribution is 2.27. The van der Waals surface area contributed by atoms with Gasteiger partial charge in [0.05, 0.1) is 6.61 Å². The molecule has 0 radical (unpaired) electrons. The van der Waals surface area contributed by atoms with Crippen molar-refractivity contribution in [1.82, 2.24) is 0 Å². The highest BCUT2D eigenvalue weighted by molar-refractivity contribution is 5.84. The van der Waals surface area contributed by atoms with Crippen LogP contribution in [0.15, 0.2) is 30.3 Å². The molecule has 0 amide bonds. The minimum absolute atomic E-state index is 0.440. The van der Waals surface area contributed by atoms with Gasteiger partial charge < -0.3 is 4.74 Å². The predicted molar refractivity (Wildman–Crippen MR) is 67.7 cm³/mol. The van der Waals surface area contributed by atoms with E-state index >= 15 is 0 Å². The molecule has 0 unspecified atom stereocenters. The van der Waals surface area contributed by atoms with Gasteiger partial charge in [-0.05, 0) is 24.3 Å². The summed E-state index contributed by atoms with van der Waals surface area (Å²) in [5.41, 5.74) is 1.23. The molecule has 1 aromatic rings. The number of ether oxygens (including phenoxy) is 1. The largest absolute Gasteiger partial charge is 0.377 e. The third-order valence-corrected chi connectivity index (χ3v) is 3.30. The molecule has 92 valence electrons. The van der Waals surface area contributed by atoms with Crippen molar-refractivity contribution in [3.63, 3.8) is 0 Å². The van der Waals surface area contributed by atoms with E-state index in [9.17, 15) is 4.79 Å². The smallest absolute Gasteiger partial charge is 0.133 e. The van der Waals surface area contributed by atoms with Gasteiger partial charge >= 0.3 is 0 Å². The zero-order valence-electron chi connectivity index (χ0n) is 10.2. The lowest BCUT2D eigenvalue weighted by atomic mass is 9.81. The van der Waals surface area contributed by atoms with Crippen LogP contribution in [0.4, 0.5) is 0 Å². The highest BCUT2D eigenvalue weighted by Gasteiger charge is 2.25. The van der Waals surface area contributed by atoms with Crippen LogP contribution in [-0.2, 0) is 16.1 Å². The van der Waals surface area contributed by atoms with Gasteiger partial charge in [-0.3, -0.25) is 4.79 Å². The number of rotatable bonds is 7. The summed E-state index contributed by atoms with van der Waals surface area (Å²) < 4.78 is 5.61. The van der Waals surface area contributed by atoms with E-state index in [4.69, 9.17) is 4.74 Å². The third-order valence-electron chi connectivity index (χ3n) is 3.30. The topological polar surface area (TPSA) is 26.3 Å². The van der Waals surface area contributed by atoms with Gasteiger partial charge in [-0.1, -0.05) is 36.8 Å². The molecule has 2 heteroatoms. The molecule has 0 spiro atoms. The normalized spacial score (nSPS) is 15.9. The Labute approximate surface area is 103 Å². The van der Waals surface area contributed by atoms with E-state index in [1.165, 1.54) is 18.4 Å². The van der Waals surface area contributed by atoms with Gasteiger partial charge in [0.2, 0.25) is 0 Å². The first-order valence-electron chi connectivity index (χ1n) is 6.48. The van der Waals surface area contributed by atoms with Gasteiger partial charge in [-0.15, -0.1) is 0 Å². The average Bonchev–Trinajstić information content (AvgIpc) is 2.32. The molecule has 1 saturated carbocycles. The summed E-state index contributed by atoms with van der Waals surface area (Å²) >= 11 is 0. The van der Waals surface area contributed by atoms with Crippen LogP contribution in [0.3, 0.4) is 0 Å². The van der Waals surface area contributed by atoms with E-state index < -0.39 is 0 Å². The minimum atomic E-state index is 0.440. The average molecular weight is 232 g/mol. The molecule has 1 aromatic carbocycles. The molecule has 1 aliphatic rings. The maximum absolute atomic E-state index is 10.8. The molecular weight excluding hydrogens is 212 g/mol. The highest BCUT2D eigenvalue weighted by atomic mass is 16.5. The maximum atomic E-state index is 10.8. The van der Waals surface area contributed by atoms with Gasteiger partial charge in [0.15, 0.2) is 0 Å². The molecule has 0 aliphatic heterocycles. The Balaban J connectivity index is 1.45. The fraction of sp³-hybridized carbons (Fsp3) is 0.533. The summed E-state index contributed by atoms with van der Waals surface area (Å²) in [5.74, 6) is 1.12. The quantitative estimate of drug-likeness (QED) is 0.674. The van der Waals surface area contributed by atoms with E-state index in [0.29, 0.717) is 18.3 Å². The van der Waals surface area contributed by atoms with E-state index in [1.807, 2.05) is 18.2 Å². The molecule has 17 heavy (non-hydrogen) atoms. The van der Waals surface area contributed by atoms with Crippen molar-refractivity contribution >= 4 is 5.78 Å². The summed E-state index contributed by atoms with van der Waals surface area (Å²) in [6, 6.07) is 10.3. The van der Waals surface area contributed by atoms with Crippen molar-refractivity contribution in [2.45, 2.75) is 38.7 Å². The number of hydrogen-bond donors (Lipinski definition) is 0. The SMILES string of the molecule is O=C1CC(CCCCOCc2ccccc2)C1. The maximum Gasteiger partial charge on any atom is 0.133 e. The number of Topliss-reactive ketones (excluding diaryl/α,β-unsaturated/α-hetero) is 1. The van der Waals surface area contributed by atoms with Crippen molar-refractivity contribution in [1.29, 1.82) is 0 Å². The monoisotopic (exact) mass is 232 g/mol. The van der Waals surface area contributed by atoms with Crippen molar-refractivity contribution in [2.75, 3.05) is 6.61 Å². The fourth-order valence-electron chi connectivity index (χ4n) is 2.19. The van der Waals surface area contributed by atoms with Crippen LogP contribution < -0.4 is 0 Å². The van der Waals surface area contributed by atoms with Gasteiger partial charge in [-0.25, -0.2) is 0 Å². The molecule has 0 atom stereocenters. The summed E-state index contributed by atoms with van der Waals surface area (Å²) in [7, 11) is 0. The second kappa shape index (κ2) is 6.55. The van der Waals surface area contributed by atoms with Gasteiger partial charge in [0.25, 0.3) is 0 Å². The van der Waals surface area contributed by atoms with E-state index in [1.54, 1.807) is 0 Å². The third kappa shape index (κ3) is 4.31. The molecule has 0 N–H and O–H groups in total. The van der Waals surface area contributed by atoms with E-state index in [0.717, 1.165) is 25.9 Å². The lowest BCUT2D eigenvalue weighted by molar-refractivity contribution is -0.127. The molecule has 2 nitrogen and oxygen atoms in total. The van der Waals surface area contributed by atoms with Crippen molar-refractivity contribution in [3.8, 4) is 0 Å². The van der Waals surface area contributed by atoms with Gasteiger partial charge in [0.1, 0.15) is 5.78 Å². The Bertz CT molecular complexity index is 337. The Kier molecular flexibility index (Phi) is 4.75. The van der Waals surface area contributed by atoms with Gasteiger partial charge in [-0.2, -0.15) is 0 Å². The second-order valence-corrected chi connectivity index (χ2v) is 4.85. The van der Waals surface area contributed by atoms with Crippen molar-refractivity contribution < 1.29 is 9.53 Å². The van der Waals surface area contributed by atoms with Crippen molar-refractivity contribution in [2.24, 2.45) is 5.92 Å². The summed E-state index contributed by atoms with van der Waals surface area (Å²) in [6.07, 6.45) is 5.14. The summed E-state index contributed by atoms with van der Waals surface area (Å²) in [4.78, 5) is 10.8. The van der Waals surface area contributed by atoms with Crippen LogP contribution in [0.25, 0.3) is 0 Å². The molecule has 0 heterocycles. The molecule has 1 aliphatic carbocycles. The molecular formula is C15H20O2. The minimum Gasteiger partial charge on any atom is -0.377 e. The van der Waals surface area contributed by atoms with Crippen LogP contribution in [0.5, 0.6) is 0 Å². The fourth-order valence-corrected chi connectivity index (χ4v) is 2.19. The van der Waals surface area contributed by atoms with Crippen LogP contribution >= 0.6 is 0 Å². The standard InChI is InChI=1S/C15H20O2/c16-15-10-14(11-15)8-4-5-9-17-12-13-6-2-1-3-7-13/h1-3,6-7,14H,4-5,8-12H2. The first-order valence-corrected chi connectivity index (χ1v) is 6.48. The van der Waals surface area contributed by atoms with Crippen molar-refractivity contribution in [3.05, 3.63) is 35.9 Å². The number of ketones is 1. The Hall–Kier alpha value is -1.15. The molecule has 0 bridgehead atoms. The lowest BCUT2D eigenvalue weighted by Crippen LogP contribution is -2.22. The number of hydrogen-bond acceptors (Lipinski definition) is 2. The molecule has 1 fully saturated rings. The van der Waals surface area contributed by atoms with E-state index in [2.05, 4.69) is 12.1 Å². The van der Waals surface area contributed by atoms with E-state index in [-0.39, 0.29) is 0 Å². The summed E-state index contributed by atoms with van der Waals surface area (Å²) in [5, 5.41) is 0. The Morgan fingerprint density at radius 2 is 1.88 bits per heavy atom. The zero-order chi connectivity index (χ0) is 11.9. The van der Waals surface area contributed by atoms with Crippen LogP contribution in [0, 0.1) is 5.92 Å². The van der Waals surface area contributed by atoms with Crippen LogP contribution in [-0.4, -0.2) is 12.4 Å². The van der Waals surface area contributed by atoms with Crippen LogP contribution in [0.1, 0.15) is 37.7 Å². The number of carbonyl (C=O) groups excluding carboxylic acids is 1. The number of unbranched alkanes of at least 4 members (excludes halogenated alkanes) is 1. The molecule has 0 aromatic heterocycles. The lowest BCUT2D eigenvalue weighted by Gasteiger charge is -2.23.